The van der Waals surface area contributed by atoms with Crippen LogP contribution in [-0.4, -0.2) is 236 Å². The van der Waals surface area contributed by atoms with Crippen LogP contribution in [0.15, 0.2) is 64.3 Å². The summed E-state index contributed by atoms with van der Waals surface area (Å²) >= 11 is 15.9. The number of nitrogens with two attached hydrogens (primary N) is 1. The van der Waals surface area contributed by atoms with Gasteiger partial charge in [-0.15, -0.1) is 50.8 Å². The Hall–Kier alpha value is -8.45. The molecule has 7 N–H and O–H groups in total. The fourth-order valence-electron chi connectivity index (χ4n) is 14.4. The fourth-order valence-corrected chi connectivity index (χ4v) is 17.4. The first kappa shape index (κ1) is 86.0. The van der Waals surface area contributed by atoms with E-state index in [1.54, 1.807) is 54.0 Å². The number of nitroso groups, excluding NO2 is 1. The minimum absolute atomic E-state index is 0.0305. The van der Waals surface area contributed by atoms with Crippen molar-refractivity contribution in [2.24, 2.45) is 27.4 Å². The minimum Gasteiger partial charge on any atom is -0.445 e. The molecule has 0 spiro atoms. The van der Waals surface area contributed by atoms with E-state index in [-0.39, 0.29) is 175 Å². The van der Waals surface area contributed by atoms with E-state index in [4.69, 9.17) is 71.4 Å². The van der Waals surface area contributed by atoms with Crippen molar-refractivity contribution in [1.29, 1.82) is 0 Å². The number of benzene rings is 3. The second-order valence-corrected chi connectivity index (χ2v) is 32.2. The highest BCUT2D eigenvalue weighted by molar-refractivity contribution is 7.51. The summed E-state index contributed by atoms with van der Waals surface area (Å²) in [6.45, 7) is 11.4. The maximum Gasteiger partial charge on any atom is 0.541 e. The topological polar surface area (TPSA) is 411 Å². The van der Waals surface area contributed by atoms with Crippen LogP contribution in [0.2, 0.25) is 0 Å². The summed E-state index contributed by atoms with van der Waals surface area (Å²) in [6.07, 6.45) is 2.13. The number of nitrogens with one attached hydrogen (secondary N) is 4. The van der Waals surface area contributed by atoms with Crippen molar-refractivity contribution < 1.29 is 99.8 Å². The van der Waals surface area contributed by atoms with Gasteiger partial charge >= 0.3 is 26.0 Å². The second kappa shape index (κ2) is 39.1. The fraction of sp³-hybridized carbons (Fsp3) is 0.541. The lowest BCUT2D eigenvalue weighted by atomic mass is 9.34. The molecule has 608 valence electrons. The van der Waals surface area contributed by atoms with Crippen LogP contribution in [0, 0.1) is 35.5 Å². The van der Waals surface area contributed by atoms with E-state index in [0.29, 0.717) is 84.9 Å². The first-order valence-corrected chi connectivity index (χ1v) is 41.0. The van der Waals surface area contributed by atoms with Crippen LogP contribution in [0.1, 0.15) is 92.0 Å². The molecule has 3 aliphatic carbocycles. The van der Waals surface area contributed by atoms with Gasteiger partial charge in [0, 0.05) is 118 Å². The van der Waals surface area contributed by atoms with Crippen molar-refractivity contribution in [3.63, 3.8) is 0 Å². The zero-order chi connectivity index (χ0) is 80.6. The lowest BCUT2D eigenvalue weighted by Gasteiger charge is -2.69. The van der Waals surface area contributed by atoms with Crippen LogP contribution in [0.3, 0.4) is 0 Å². The Morgan fingerprint density at radius 3 is 1.66 bits per heavy atom. The molecule has 3 saturated carbocycles. The van der Waals surface area contributed by atoms with E-state index >= 15 is 4.79 Å². The Labute approximate surface area is 664 Å². The maximum absolute atomic E-state index is 15.0. The smallest absolute Gasteiger partial charge is 0.445 e. The Kier molecular flexibility index (Phi) is 30.0. The highest BCUT2D eigenvalue weighted by atomic mass is 35.5. The third-order valence-corrected chi connectivity index (χ3v) is 23.7. The summed E-state index contributed by atoms with van der Waals surface area (Å²) in [5, 5.41) is 16.1. The quantitative estimate of drug-likeness (QED) is 0.00701. The number of fused-ring (bicyclic) bond motifs is 6. The van der Waals surface area contributed by atoms with Gasteiger partial charge < -0.3 is 89.0 Å². The number of urea groups is 1. The van der Waals surface area contributed by atoms with Gasteiger partial charge in [-0.3, -0.25) is 43.4 Å². The number of hydrogen-bond acceptors (Lipinski definition) is 23. The van der Waals surface area contributed by atoms with Crippen LogP contribution < -0.4 is 46.1 Å². The van der Waals surface area contributed by atoms with Gasteiger partial charge in [0.15, 0.2) is 11.5 Å². The molecule has 2 bridgehead atoms. The first-order valence-electron chi connectivity index (χ1n) is 36.7. The van der Waals surface area contributed by atoms with Crippen LogP contribution in [0.4, 0.5) is 31.4 Å². The van der Waals surface area contributed by atoms with Crippen molar-refractivity contribution >= 4 is 150 Å². The molecule has 112 heavy (non-hydrogen) atoms. The number of primary amides is 1. The third kappa shape index (κ3) is 20.7. The average molecular weight is 1660 g/mol. The number of hydrogen-bond donors (Lipinski definition) is 6. The molecule has 11 amide bonds. The molecule has 38 heteroatoms. The van der Waals surface area contributed by atoms with Gasteiger partial charge in [0.1, 0.15) is 18.7 Å². The number of carbonyl (C=O) groups is 10. The molecule has 6 aliphatic rings. The minimum atomic E-state index is -4.91. The first-order chi connectivity index (χ1) is 53.6. The number of ether oxygens (including phenoxy) is 8. The molecule has 3 aromatic carbocycles. The van der Waals surface area contributed by atoms with E-state index < -0.39 is 66.6 Å². The molecule has 2 aromatic heterocycles. The number of nitrogens with zero attached hydrogens (tertiary/aromatic N) is 6. The number of anilines is 3. The molecule has 5 heterocycles. The Bertz CT molecular complexity index is 4360. The molecule has 0 radical (unpaired) electrons. The van der Waals surface area contributed by atoms with Gasteiger partial charge in [0.2, 0.25) is 29.5 Å². The highest BCUT2D eigenvalue weighted by Gasteiger charge is 2.76. The van der Waals surface area contributed by atoms with Crippen LogP contribution in [0.25, 0.3) is 20.2 Å². The summed E-state index contributed by atoms with van der Waals surface area (Å²) in [4.78, 5) is 163. The number of amides is 11. The summed E-state index contributed by atoms with van der Waals surface area (Å²) in [5.74, 6) is -3.11. The summed E-state index contributed by atoms with van der Waals surface area (Å²) < 4.78 is 63.6. The molecular formula is C74H94Cl2N11O22PS2. The predicted molar refractivity (Wildman–Crippen MR) is 417 cm³/mol. The van der Waals surface area contributed by atoms with Crippen LogP contribution >= 0.6 is 53.6 Å². The zero-order valence-corrected chi connectivity index (χ0v) is 67.1. The number of likely N-dealkylation sites (N-methyl/N-ethyl adjacent to an activating group) is 2. The molecule has 3 fully saturated rings. The van der Waals surface area contributed by atoms with Gasteiger partial charge in [0.05, 0.1) is 122 Å². The van der Waals surface area contributed by atoms with Crippen LogP contribution in [0.5, 0.6) is 11.5 Å². The zero-order valence-electron chi connectivity index (χ0n) is 63.1. The average Bonchev–Trinajstić information content (AvgIpc) is 1.01. The molecule has 11 rings (SSSR count). The molecule has 5 atom stereocenters. The van der Waals surface area contributed by atoms with Crippen molar-refractivity contribution in [2.75, 3.05) is 160 Å². The number of thiophene rings is 2. The molecular weight excluding hydrogens is 1560 g/mol. The standard InChI is InChI=1S/C74H94Cl2N11O22PS2/c1-44(2)63(81-56(88)15-20-101-22-24-103-26-28-105-30-31-106-29-27-104-25-23-102-21-19-85-57(89)13-14-58(85)90)67(92)80-51(8-7-16-78-70(77)95)66(91)79-50-11-9-47(10-12-50)38-107-71(96)83(5)17-18-84(6)72(97)108-54-32-52-61(59-45(3)39-111-64(54)59)48(34-75)36-86(52)68(93)73-41-74(42-73,43-73)69(94)87-37-49(35-76)62-53(87)33-55(109-110(99,100)82-98)65-60(62)46(4)40-112-65/h9-14,32-33,39-40,44,48-49,51,63H,7-8,15-31,34-38,41-43H2,1-6H3,(H,79,91)(H,80,92)(H,81,88)(H,99,100)(H3,77,78,95)/t48-,49-,51+,63+,73?,74?/m1/s1. The molecule has 1 unspecified atom stereocenters. The molecule has 33 nitrogen and oxygen atoms in total. The lowest BCUT2D eigenvalue weighted by molar-refractivity contribution is -0.205. The van der Waals surface area contributed by atoms with Gasteiger partial charge in [-0.2, -0.15) is 0 Å². The Morgan fingerprint density at radius 2 is 1.17 bits per heavy atom. The van der Waals surface area contributed by atoms with Crippen molar-refractivity contribution in [2.45, 2.75) is 96.7 Å². The molecule has 3 aliphatic heterocycles. The maximum atomic E-state index is 15.0. The highest BCUT2D eigenvalue weighted by Crippen LogP contribution is 2.75. The Balaban J connectivity index is 0.633. The normalized spacial score (nSPS) is 19.0. The van der Waals surface area contributed by atoms with Gasteiger partial charge in [-0.25, -0.2) is 18.9 Å². The van der Waals surface area contributed by atoms with Gasteiger partial charge in [0.25, 0.3) is 11.8 Å². The lowest BCUT2D eigenvalue weighted by Crippen LogP contribution is -2.73. The number of alkyl halides is 2. The second-order valence-electron chi connectivity index (χ2n) is 28.5. The van der Waals surface area contributed by atoms with E-state index in [2.05, 4.69) is 26.2 Å². The summed E-state index contributed by atoms with van der Waals surface area (Å²) in [7, 11) is -1.88. The van der Waals surface area contributed by atoms with Crippen molar-refractivity contribution in [1.82, 2.24) is 30.7 Å². The van der Waals surface area contributed by atoms with Gasteiger partial charge in [-0.05, 0) is 103 Å². The Morgan fingerprint density at radius 1 is 0.688 bits per heavy atom. The number of carbonyl (C=O) groups excluding carboxylic acids is 10. The van der Waals surface area contributed by atoms with E-state index in [0.717, 1.165) is 37.9 Å². The van der Waals surface area contributed by atoms with E-state index in [1.807, 2.05) is 24.6 Å². The summed E-state index contributed by atoms with van der Waals surface area (Å²) in [5.41, 5.74) is 8.87. The number of halogens is 2. The van der Waals surface area contributed by atoms with Crippen molar-refractivity contribution in [3.05, 3.63) is 92.0 Å². The monoisotopic (exact) mass is 1650 g/mol. The number of aryl methyl sites for hydroxylation is 2. The SMILES string of the molecule is Cc1csc2c(OC(=O)N(C)CCN(C)C(=O)OCc3ccc(NC(=O)[C@H](CCCNC(N)=O)NC(=O)[C@@H](NC(=O)CCOCCOCCOCCOCCOCCOCCN4C(=O)C=CC4=O)C(C)C)cc3)cc3c(c12)[C@H](CCl)CN3C(=O)C12CC(C(=O)N3C[C@@H](CCl)c4c3cc(OP(=O)(O)N=O)c3scc(C)c43)(C1)C2. The molecule has 5 aromatic rings. The van der Waals surface area contributed by atoms with Gasteiger partial charge in [-0.1, -0.05) is 26.0 Å². The third-order valence-electron chi connectivity index (χ3n) is 20.1. The van der Waals surface area contributed by atoms with E-state index in [9.17, 15) is 57.5 Å². The molecule has 0 saturated heterocycles. The summed E-state index contributed by atoms with van der Waals surface area (Å²) in [6, 6.07) is 6.75. The predicted octanol–water partition coefficient (Wildman–Crippen LogP) is 8.31. The largest absolute Gasteiger partial charge is 0.541 e. The van der Waals surface area contributed by atoms with E-state index in [1.165, 1.54) is 64.8 Å². The van der Waals surface area contributed by atoms with Crippen molar-refractivity contribution in [3.8, 4) is 11.5 Å². The number of rotatable bonds is 44. The number of imide groups is 1. The van der Waals surface area contributed by atoms with Crippen LogP contribution in [-0.2, 0) is 77.9 Å².